The zero-order chi connectivity index (χ0) is 11.4. The van der Waals surface area contributed by atoms with Crippen LogP contribution in [0.25, 0.3) is 0 Å². The molecule has 88 valence electrons. The maximum Gasteiger partial charge on any atom is 0.129 e. The van der Waals surface area contributed by atoms with E-state index < -0.39 is 0 Å². The molecule has 2 unspecified atom stereocenters. The number of hydrogen-bond acceptors (Lipinski definition) is 3. The summed E-state index contributed by atoms with van der Waals surface area (Å²) in [5.41, 5.74) is 1.24. The zero-order valence-corrected chi connectivity index (χ0v) is 10.9. The van der Waals surface area contributed by atoms with Gasteiger partial charge in [0.05, 0.1) is 0 Å². The van der Waals surface area contributed by atoms with Crippen LogP contribution in [0.15, 0.2) is 18.3 Å². The lowest BCUT2D eigenvalue weighted by Crippen LogP contribution is -2.17. The molecule has 1 aromatic rings. The van der Waals surface area contributed by atoms with E-state index in [-0.39, 0.29) is 0 Å². The van der Waals surface area contributed by atoms with Gasteiger partial charge in [0.1, 0.15) is 5.82 Å². The minimum absolute atomic E-state index is 0.623. The molecular formula is C13H20N2S. The third kappa shape index (κ3) is 2.91. The second-order valence-corrected chi connectivity index (χ2v) is 5.98. The molecule has 2 rings (SSSR count). The van der Waals surface area contributed by atoms with Crippen molar-refractivity contribution in [3.8, 4) is 0 Å². The lowest BCUT2D eigenvalue weighted by atomic mass is 10.2. The molecule has 2 atom stereocenters. The summed E-state index contributed by atoms with van der Waals surface area (Å²) in [6.45, 7) is 4.36. The number of anilines is 1. The maximum atomic E-state index is 4.39. The number of hydrogen-bond donors (Lipinski definition) is 1. The van der Waals surface area contributed by atoms with E-state index in [1.165, 1.54) is 30.6 Å². The van der Waals surface area contributed by atoms with Crippen LogP contribution in [0.4, 0.5) is 5.82 Å². The Morgan fingerprint density at radius 3 is 3.12 bits per heavy atom. The van der Waals surface area contributed by atoms with Crippen LogP contribution in [-0.4, -0.2) is 22.0 Å². The smallest absolute Gasteiger partial charge is 0.129 e. The first-order chi connectivity index (χ1) is 7.79. The van der Waals surface area contributed by atoms with Gasteiger partial charge in [-0.15, -0.1) is 0 Å². The average molecular weight is 236 g/mol. The number of nitrogens with one attached hydrogen (secondary N) is 1. The Bertz CT molecular complexity index is 340. The molecule has 0 radical (unpaired) electrons. The van der Waals surface area contributed by atoms with E-state index >= 15 is 0 Å². The quantitative estimate of drug-likeness (QED) is 0.866. The molecule has 16 heavy (non-hydrogen) atoms. The van der Waals surface area contributed by atoms with Crippen molar-refractivity contribution in [3.05, 3.63) is 23.9 Å². The van der Waals surface area contributed by atoms with Crippen LogP contribution in [0.5, 0.6) is 0 Å². The predicted molar refractivity (Wildman–Crippen MR) is 72.2 cm³/mol. The molecule has 1 saturated carbocycles. The Balaban J connectivity index is 1.90. The van der Waals surface area contributed by atoms with Crippen LogP contribution in [0.2, 0.25) is 0 Å². The number of pyridine rings is 1. The Morgan fingerprint density at radius 2 is 2.38 bits per heavy atom. The highest BCUT2D eigenvalue weighted by Crippen LogP contribution is 2.31. The zero-order valence-electron chi connectivity index (χ0n) is 10.1. The van der Waals surface area contributed by atoms with E-state index in [9.17, 15) is 0 Å². The molecule has 0 aliphatic heterocycles. The van der Waals surface area contributed by atoms with Crippen molar-refractivity contribution in [2.24, 2.45) is 0 Å². The Kier molecular flexibility index (Phi) is 4.10. The van der Waals surface area contributed by atoms with E-state index in [1.54, 1.807) is 0 Å². The van der Waals surface area contributed by atoms with Crippen molar-refractivity contribution in [2.45, 2.75) is 44.4 Å². The Hall–Kier alpha value is -0.700. The molecule has 0 saturated heterocycles. The van der Waals surface area contributed by atoms with Crippen molar-refractivity contribution < 1.29 is 0 Å². The van der Waals surface area contributed by atoms with Crippen molar-refractivity contribution in [1.82, 2.24) is 4.98 Å². The highest BCUT2D eigenvalue weighted by molar-refractivity contribution is 7.99. The van der Waals surface area contributed by atoms with Gasteiger partial charge in [-0.25, -0.2) is 4.98 Å². The number of thioether (sulfide) groups is 1. The van der Waals surface area contributed by atoms with Crippen LogP contribution in [0.3, 0.4) is 0 Å². The van der Waals surface area contributed by atoms with Gasteiger partial charge >= 0.3 is 0 Å². The second kappa shape index (κ2) is 5.58. The highest BCUT2D eigenvalue weighted by atomic mass is 32.2. The average Bonchev–Trinajstić information content (AvgIpc) is 2.70. The third-order valence-electron chi connectivity index (χ3n) is 3.14. The summed E-state index contributed by atoms with van der Waals surface area (Å²) in [6.07, 6.45) is 5.78. The largest absolute Gasteiger partial charge is 0.367 e. The van der Waals surface area contributed by atoms with Crippen LogP contribution in [0, 0.1) is 6.92 Å². The summed E-state index contributed by atoms with van der Waals surface area (Å²) in [5.74, 6) is 2.30. The molecular weight excluding hydrogens is 216 g/mol. The SMILES string of the molecule is CCSC1CCC(Nc2ncccc2C)C1. The minimum Gasteiger partial charge on any atom is -0.367 e. The van der Waals surface area contributed by atoms with Gasteiger partial charge in [0.2, 0.25) is 0 Å². The van der Waals surface area contributed by atoms with Crippen molar-refractivity contribution >= 4 is 17.6 Å². The van der Waals surface area contributed by atoms with Gasteiger partial charge in [0, 0.05) is 17.5 Å². The number of aryl methyl sites for hydroxylation is 1. The lowest BCUT2D eigenvalue weighted by Gasteiger charge is -2.15. The summed E-state index contributed by atoms with van der Waals surface area (Å²) >= 11 is 2.10. The standard InChI is InChI=1S/C13H20N2S/c1-3-16-12-7-6-11(9-12)15-13-10(2)5-4-8-14-13/h4-5,8,11-12H,3,6-7,9H2,1-2H3,(H,14,15). The fraction of sp³-hybridized carbons (Fsp3) is 0.615. The first kappa shape index (κ1) is 11.8. The van der Waals surface area contributed by atoms with Crippen molar-refractivity contribution in [2.75, 3.05) is 11.1 Å². The van der Waals surface area contributed by atoms with Gasteiger partial charge in [-0.2, -0.15) is 11.8 Å². The first-order valence-electron chi connectivity index (χ1n) is 6.09. The second-order valence-electron chi connectivity index (χ2n) is 4.40. The lowest BCUT2D eigenvalue weighted by molar-refractivity contribution is 0.751. The number of aromatic nitrogens is 1. The van der Waals surface area contributed by atoms with Gasteiger partial charge in [-0.05, 0) is 43.6 Å². The molecule has 1 fully saturated rings. The van der Waals surface area contributed by atoms with Gasteiger partial charge in [0.15, 0.2) is 0 Å². The summed E-state index contributed by atoms with van der Waals surface area (Å²) in [7, 11) is 0. The molecule has 0 spiro atoms. The highest BCUT2D eigenvalue weighted by Gasteiger charge is 2.24. The third-order valence-corrected chi connectivity index (χ3v) is 4.37. The van der Waals surface area contributed by atoms with Gasteiger partial charge in [-0.1, -0.05) is 13.0 Å². The van der Waals surface area contributed by atoms with Crippen LogP contribution in [0.1, 0.15) is 31.7 Å². The molecule has 0 aromatic carbocycles. The minimum atomic E-state index is 0.623. The Morgan fingerprint density at radius 1 is 1.50 bits per heavy atom. The van der Waals surface area contributed by atoms with Gasteiger partial charge in [0.25, 0.3) is 0 Å². The number of nitrogens with zero attached hydrogens (tertiary/aromatic N) is 1. The van der Waals surface area contributed by atoms with E-state index in [1.807, 2.05) is 12.3 Å². The van der Waals surface area contributed by atoms with Crippen molar-refractivity contribution in [3.63, 3.8) is 0 Å². The van der Waals surface area contributed by atoms with Crippen LogP contribution >= 0.6 is 11.8 Å². The fourth-order valence-corrected chi connectivity index (χ4v) is 3.43. The monoisotopic (exact) mass is 236 g/mol. The van der Waals surface area contributed by atoms with Crippen molar-refractivity contribution in [1.29, 1.82) is 0 Å². The van der Waals surface area contributed by atoms with E-state index in [4.69, 9.17) is 0 Å². The van der Waals surface area contributed by atoms with Gasteiger partial charge in [-0.3, -0.25) is 0 Å². The van der Waals surface area contributed by atoms with E-state index in [0.717, 1.165) is 11.1 Å². The number of rotatable bonds is 4. The molecule has 1 aliphatic rings. The van der Waals surface area contributed by atoms with E-state index in [0.29, 0.717) is 6.04 Å². The summed E-state index contributed by atoms with van der Waals surface area (Å²) in [4.78, 5) is 4.39. The topological polar surface area (TPSA) is 24.9 Å². The van der Waals surface area contributed by atoms with Crippen LogP contribution < -0.4 is 5.32 Å². The summed E-state index contributed by atoms with van der Waals surface area (Å²) < 4.78 is 0. The molecule has 3 heteroatoms. The van der Waals surface area contributed by atoms with Crippen LogP contribution in [-0.2, 0) is 0 Å². The molecule has 0 bridgehead atoms. The summed E-state index contributed by atoms with van der Waals surface area (Å²) in [5, 5.41) is 4.43. The maximum absolute atomic E-state index is 4.39. The van der Waals surface area contributed by atoms with Gasteiger partial charge < -0.3 is 5.32 Å². The molecule has 1 heterocycles. The van der Waals surface area contributed by atoms with E-state index in [2.05, 4.69) is 42.0 Å². The molecule has 0 amide bonds. The predicted octanol–water partition coefficient (Wildman–Crippen LogP) is 3.48. The Labute approximate surface area is 102 Å². The molecule has 1 N–H and O–H groups in total. The first-order valence-corrected chi connectivity index (χ1v) is 7.14. The molecule has 2 nitrogen and oxygen atoms in total. The molecule has 1 aromatic heterocycles. The normalized spacial score (nSPS) is 24.6. The summed E-state index contributed by atoms with van der Waals surface area (Å²) in [6, 6.07) is 4.73. The molecule has 1 aliphatic carbocycles. The fourth-order valence-electron chi connectivity index (χ4n) is 2.29.